The Balaban J connectivity index is 4.15. The maximum absolute atomic E-state index is 11.7. The molecule has 0 saturated heterocycles. The minimum Gasteiger partial charge on any atom is -0.313 e. The van der Waals surface area contributed by atoms with Crippen LogP contribution in [0.4, 0.5) is 0 Å². The van der Waals surface area contributed by atoms with Crippen molar-refractivity contribution in [1.82, 2.24) is 5.32 Å². The molecule has 0 rings (SSSR count). The predicted octanol–water partition coefficient (Wildman–Crippen LogP) is 1.44. The number of rotatable bonds is 6. The molecule has 0 aliphatic rings. The minimum absolute atomic E-state index is 0.210. The van der Waals surface area contributed by atoms with Gasteiger partial charge in [-0.1, -0.05) is 27.7 Å². The van der Waals surface area contributed by atoms with E-state index in [1.165, 1.54) is 0 Å². The van der Waals surface area contributed by atoms with Gasteiger partial charge in [-0.25, -0.2) is 8.42 Å². The van der Waals surface area contributed by atoms with Gasteiger partial charge in [-0.3, -0.25) is 0 Å². The second-order valence-corrected chi connectivity index (χ2v) is 7.06. The van der Waals surface area contributed by atoms with Gasteiger partial charge in [-0.05, 0) is 12.8 Å². The van der Waals surface area contributed by atoms with Gasteiger partial charge in [0.2, 0.25) is 0 Å². The molecule has 0 fully saturated rings. The van der Waals surface area contributed by atoms with E-state index in [1.807, 2.05) is 27.7 Å². The summed E-state index contributed by atoms with van der Waals surface area (Å²) in [6.07, 6.45) is 0. The van der Waals surface area contributed by atoms with Gasteiger partial charge in [-0.2, -0.15) is 0 Å². The zero-order valence-corrected chi connectivity index (χ0v) is 10.7. The Hall–Kier alpha value is -0.0900. The lowest BCUT2D eigenvalue weighted by molar-refractivity contribution is 0.543. The molecule has 0 saturated carbocycles. The highest BCUT2D eigenvalue weighted by atomic mass is 32.2. The van der Waals surface area contributed by atoms with Crippen molar-refractivity contribution in [2.45, 2.75) is 45.9 Å². The highest BCUT2D eigenvalue weighted by Gasteiger charge is 2.21. The molecule has 0 aromatic carbocycles. The van der Waals surface area contributed by atoms with Crippen molar-refractivity contribution in [3.63, 3.8) is 0 Å². The van der Waals surface area contributed by atoms with Crippen LogP contribution in [-0.4, -0.2) is 32.0 Å². The third kappa shape index (κ3) is 5.60. The van der Waals surface area contributed by atoms with Crippen LogP contribution in [0.3, 0.4) is 0 Å². The van der Waals surface area contributed by atoms with Crippen molar-refractivity contribution >= 4 is 9.84 Å². The average Bonchev–Trinajstić information content (AvgIpc) is 1.97. The molecule has 0 heterocycles. The lowest BCUT2D eigenvalue weighted by atomic mass is 10.3. The monoisotopic (exact) mass is 221 g/mol. The van der Waals surface area contributed by atoms with E-state index in [1.54, 1.807) is 6.92 Å². The lowest BCUT2D eigenvalue weighted by Gasteiger charge is -2.16. The zero-order valence-electron chi connectivity index (χ0n) is 9.87. The fraction of sp³-hybridized carbons (Fsp3) is 1.00. The van der Waals surface area contributed by atoms with Crippen LogP contribution in [0, 0.1) is 5.92 Å². The number of sulfone groups is 1. The summed E-state index contributed by atoms with van der Waals surface area (Å²) in [5, 5.41) is 2.86. The van der Waals surface area contributed by atoms with Crippen LogP contribution in [-0.2, 0) is 9.84 Å². The maximum atomic E-state index is 11.7. The topological polar surface area (TPSA) is 46.2 Å². The number of hydrogen-bond donors (Lipinski definition) is 1. The Morgan fingerprint density at radius 2 is 1.57 bits per heavy atom. The maximum Gasteiger partial charge on any atom is 0.154 e. The molecular weight excluding hydrogens is 198 g/mol. The van der Waals surface area contributed by atoms with Crippen LogP contribution in [0.15, 0.2) is 0 Å². The van der Waals surface area contributed by atoms with Crippen molar-refractivity contribution < 1.29 is 8.42 Å². The van der Waals surface area contributed by atoms with Crippen LogP contribution in [0.1, 0.15) is 34.6 Å². The molecule has 1 unspecified atom stereocenters. The quantitative estimate of drug-likeness (QED) is 0.738. The first-order valence-corrected chi connectivity index (χ1v) is 6.92. The molecule has 0 spiro atoms. The van der Waals surface area contributed by atoms with Crippen LogP contribution < -0.4 is 5.32 Å². The van der Waals surface area contributed by atoms with Crippen molar-refractivity contribution in [2.24, 2.45) is 5.92 Å². The first-order chi connectivity index (χ1) is 6.25. The molecule has 0 aliphatic heterocycles. The number of nitrogens with one attached hydrogen (secondary N) is 1. The summed E-state index contributed by atoms with van der Waals surface area (Å²) in [6.45, 7) is 10.2. The summed E-state index contributed by atoms with van der Waals surface area (Å²) in [5.41, 5.74) is 0. The van der Waals surface area contributed by atoms with E-state index < -0.39 is 9.84 Å². The smallest absolute Gasteiger partial charge is 0.154 e. The molecule has 86 valence electrons. The molecule has 0 bridgehead atoms. The van der Waals surface area contributed by atoms with Gasteiger partial charge in [0.15, 0.2) is 9.84 Å². The predicted molar refractivity (Wildman–Crippen MR) is 61.2 cm³/mol. The highest BCUT2D eigenvalue weighted by Crippen LogP contribution is 2.06. The minimum atomic E-state index is -2.92. The molecule has 0 aliphatic carbocycles. The molecule has 3 nitrogen and oxygen atoms in total. The second-order valence-electron chi connectivity index (χ2n) is 4.60. The molecule has 0 aromatic heterocycles. The molecule has 0 amide bonds. The fourth-order valence-electron chi connectivity index (χ4n) is 1.16. The normalized spacial score (nSPS) is 15.1. The van der Waals surface area contributed by atoms with E-state index in [4.69, 9.17) is 0 Å². The third-order valence-electron chi connectivity index (χ3n) is 1.99. The summed E-state index contributed by atoms with van der Waals surface area (Å²) in [6, 6.07) is 0.340. The van der Waals surface area contributed by atoms with E-state index in [0.717, 1.165) is 0 Å². The van der Waals surface area contributed by atoms with E-state index >= 15 is 0 Å². The van der Waals surface area contributed by atoms with Crippen LogP contribution in [0.2, 0.25) is 0 Å². The van der Waals surface area contributed by atoms with E-state index in [-0.39, 0.29) is 16.9 Å². The van der Waals surface area contributed by atoms with Crippen LogP contribution in [0.25, 0.3) is 0 Å². The van der Waals surface area contributed by atoms with Crippen molar-refractivity contribution in [3.05, 3.63) is 0 Å². The first kappa shape index (κ1) is 13.9. The van der Waals surface area contributed by atoms with Gasteiger partial charge in [0.1, 0.15) is 0 Å². The SMILES string of the molecule is CC(C)CS(=O)(=O)C(C)CNC(C)C. The molecular formula is C10H23NO2S. The van der Waals surface area contributed by atoms with Crippen LogP contribution >= 0.6 is 0 Å². The third-order valence-corrected chi connectivity index (χ3v) is 4.52. The van der Waals surface area contributed by atoms with Gasteiger partial charge in [0.25, 0.3) is 0 Å². The highest BCUT2D eigenvalue weighted by molar-refractivity contribution is 7.92. The van der Waals surface area contributed by atoms with Crippen LogP contribution in [0.5, 0.6) is 0 Å². The lowest BCUT2D eigenvalue weighted by Crippen LogP contribution is -2.36. The van der Waals surface area contributed by atoms with Gasteiger partial charge < -0.3 is 5.32 Å². The molecule has 14 heavy (non-hydrogen) atoms. The standard InChI is InChI=1S/C10H23NO2S/c1-8(2)7-14(12,13)10(5)6-11-9(3)4/h8-11H,6-7H2,1-5H3. The summed E-state index contributed by atoms with van der Waals surface area (Å²) in [5.74, 6) is 0.495. The zero-order chi connectivity index (χ0) is 11.4. The molecule has 0 radical (unpaired) electrons. The van der Waals surface area contributed by atoms with Gasteiger partial charge in [0.05, 0.1) is 11.0 Å². The van der Waals surface area contributed by atoms with E-state index in [9.17, 15) is 8.42 Å². The summed E-state index contributed by atoms with van der Waals surface area (Å²) in [4.78, 5) is 0. The van der Waals surface area contributed by atoms with Gasteiger partial charge in [-0.15, -0.1) is 0 Å². The van der Waals surface area contributed by atoms with E-state index in [2.05, 4.69) is 5.32 Å². The Morgan fingerprint density at radius 1 is 1.07 bits per heavy atom. The Labute approximate surface area is 88.2 Å². The Kier molecular flexibility index (Phi) is 5.67. The number of hydrogen-bond acceptors (Lipinski definition) is 3. The fourth-order valence-corrected chi connectivity index (χ4v) is 2.77. The summed E-state index contributed by atoms with van der Waals surface area (Å²) in [7, 11) is -2.92. The molecule has 0 aromatic rings. The van der Waals surface area contributed by atoms with Crippen molar-refractivity contribution in [1.29, 1.82) is 0 Å². The Morgan fingerprint density at radius 3 is 1.93 bits per heavy atom. The molecule has 1 N–H and O–H groups in total. The molecule has 4 heteroatoms. The molecule has 1 atom stereocenters. The van der Waals surface area contributed by atoms with Crippen molar-refractivity contribution in [3.8, 4) is 0 Å². The van der Waals surface area contributed by atoms with Gasteiger partial charge in [0, 0.05) is 12.6 Å². The second kappa shape index (κ2) is 5.71. The van der Waals surface area contributed by atoms with Gasteiger partial charge >= 0.3 is 0 Å². The van der Waals surface area contributed by atoms with E-state index in [0.29, 0.717) is 12.6 Å². The first-order valence-electron chi connectivity index (χ1n) is 5.20. The summed E-state index contributed by atoms with van der Waals surface area (Å²) >= 11 is 0. The largest absolute Gasteiger partial charge is 0.313 e. The Bertz CT molecular complexity index is 245. The average molecular weight is 221 g/mol. The van der Waals surface area contributed by atoms with Crippen molar-refractivity contribution in [2.75, 3.05) is 12.3 Å². The summed E-state index contributed by atoms with van der Waals surface area (Å²) < 4.78 is 23.4.